The summed E-state index contributed by atoms with van der Waals surface area (Å²) in [5.74, 6) is 6.35. The smallest absolute Gasteiger partial charge is 0.0950 e. The Kier molecular flexibility index (Phi) is 10.9. The lowest BCUT2D eigenvalue weighted by Crippen LogP contribution is -1.93. The lowest BCUT2D eigenvalue weighted by molar-refractivity contribution is 0.359. The molecule has 2 atom stereocenters. The second-order valence-corrected chi connectivity index (χ2v) is 5.90. The summed E-state index contributed by atoms with van der Waals surface area (Å²) in [7, 11) is 0. The molecule has 0 N–H and O–H groups in total. The molecule has 0 saturated carbocycles. The molecule has 0 bridgehead atoms. The number of hydrogen-bond donors (Lipinski definition) is 0. The Balaban J connectivity index is 1.86. The molecule has 0 aliphatic carbocycles. The molecule has 21 heavy (non-hydrogen) atoms. The highest BCUT2D eigenvalue weighted by molar-refractivity contribution is 5.10. The Morgan fingerprint density at radius 3 is 2.38 bits per heavy atom. The normalized spacial score (nSPS) is 20.2. The molecule has 1 saturated heterocycles. The van der Waals surface area contributed by atoms with Crippen LogP contribution >= 0.6 is 0 Å². The Morgan fingerprint density at radius 1 is 0.952 bits per heavy atom. The van der Waals surface area contributed by atoms with E-state index in [0.717, 1.165) is 12.8 Å². The molecule has 0 aromatic rings. The molecule has 0 radical (unpaired) electrons. The third-order valence-electron chi connectivity index (χ3n) is 3.95. The van der Waals surface area contributed by atoms with Crippen LogP contribution in [0.4, 0.5) is 0 Å². The van der Waals surface area contributed by atoms with E-state index in [9.17, 15) is 0 Å². The maximum Gasteiger partial charge on any atom is 0.0950 e. The van der Waals surface area contributed by atoms with E-state index in [4.69, 9.17) is 4.74 Å². The van der Waals surface area contributed by atoms with Crippen molar-refractivity contribution in [2.24, 2.45) is 0 Å². The van der Waals surface area contributed by atoms with Crippen LogP contribution in [-0.4, -0.2) is 12.2 Å². The monoisotopic (exact) mass is 288 g/mol. The average Bonchev–Trinajstić information content (AvgIpc) is 3.24. The highest BCUT2D eigenvalue weighted by Gasteiger charge is 2.36. The molecule has 0 unspecified atom stereocenters. The Labute approximate surface area is 131 Å². The van der Waals surface area contributed by atoms with Gasteiger partial charge < -0.3 is 4.74 Å². The molecule has 1 rings (SSSR count). The first-order chi connectivity index (χ1) is 10.4. The van der Waals surface area contributed by atoms with Crippen molar-refractivity contribution in [3.8, 4) is 11.8 Å². The highest BCUT2D eigenvalue weighted by Crippen LogP contribution is 2.29. The lowest BCUT2D eigenvalue weighted by atomic mass is 10.1. The molecule has 1 heteroatoms. The van der Waals surface area contributed by atoms with Crippen LogP contribution in [0.2, 0.25) is 0 Å². The minimum Gasteiger partial charge on any atom is -0.369 e. The minimum atomic E-state index is 0.422. The summed E-state index contributed by atoms with van der Waals surface area (Å²) in [6.07, 6.45) is 20.7. The van der Waals surface area contributed by atoms with E-state index in [0.29, 0.717) is 12.2 Å². The van der Waals surface area contributed by atoms with E-state index in [1.807, 2.05) is 12.2 Å². The van der Waals surface area contributed by atoms with Crippen molar-refractivity contribution in [2.45, 2.75) is 89.8 Å². The minimum absolute atomic E-state index is 0.422. The summed E-state index contributed by atoms with van der Waals surface area (Å²) >= 11 is 0. The zero-order valence-corrected chi connectivity index (χ0v) is 13.8. The second kappa shape index (κ2) is 12.7. The van der Waals surface area contributed by atoms with Gasteiger partial charge in [-0.3, -0.25) is 0 Å². The molecule has 1 aliphatic heterocycles. The summed E-state index contributed by atoms with van der Waals surface area (Å²) in [4.78, 5) is 0. The molecule has 118 valence electrons. The van der Waals surface area contributed by atoms with Gasteiger partial charge in [-0.1, -0.05) is 89.0 Å². The number of allylic oxidation sites excluding steroid dienone is 3. The fourth-order valence-corrected chi connectivity index (χ4v) is 2.56. The van der Waals surface area contributed by atoms with Gasteiger partial charge in [0.25, 0.3) is 0 Å². The van der Waals surface area contributed by atoms with Gasteiger partial charge in [-0.2, -0.15) is 0 Å². The summed E-state index contributed by atoms with van der Waals surface area (Å²) in [6, 6.07) is 0. The van der Waals surface area contributed by atoms with Gasteiger partial charge in [0.15, 0.2) is 0 Å². The molecule has 1 fully saturated rings. The van der Waals surface area contributed by atoms with Crippen molar-refractivity contribution in [1.29, 1.82) is 0 Å². The molecule has 0 amide bonds. The standard InChI is InChI=1S/C20H32O/c1-3-5-7-9-11-12-14-16-18-20-19(21-20)17-15-13-10-8-6-4-2/h4,6,8,19-20H,2-3,5,7,9-12,14,16-18H2,1H3/b8-6-/t19-,20+/m0/s1. The molecule has 1 heterocycles. The first kappa shape index (κ1) is 18.1. The third-order valence-corrected chi connectivity index (χ3v) is 3.95. The number of hydrogen-bond acceptors (Lipinski definition) is 1. The second-order valence-electron chi connectivity index (χ2n) is 5.90. The van der Waals surface area contributed by atoms with Gasteiger partial charge >= 0.3 is 0 Å². The van der Waals surface area contributed by atoms with Gasteiger partial charge in [0.05, 0.1) is 12.2 Å². The van der Waals surface area contributed by atoms with Crippen LogP contribution in [-0.2, 0) is 4.74 Å². The zero-order valence-electron chi connectivity index (χ0n) is 13.8. The van der Waals surface area contributed by atoms with Crippen molar-refractivity contribution in [3.05, 3.63) is 24.8 Å². The van der Waals surface area contributed by atoms with E-state index in [1.165, 1.54) is 57.8 Å². The van der Waals surface area contributed by atoms with E-state index in [1.54, 1.807) is 6.08 Å². The summed E-state index contributed by atoms with van der Waals surface area (Å²) in [5, 5.41) is 0. The molecule has 0 spiro atoms. The largest absolute Gasteiger partial charge is 0.369 e. The summed E-state index contributed by atoms with van der Waals surface area (Å²) < 4.78 is 5.67. The van der Waals surface area contributed by atoms with Crippen molar-refractivity contribution >= 4 is 0 Å². The quantitative estimate of drug-likeness (QED) is 0.191. The van der Waals surface area contributed by atoms with E-state index >= 15 is 0 Å². The van der Waals surface area contributed by atoms with E-state index in [2.05, 4.69) is 25.3 Å². The van der Waals surface area contributed by atoms with Crippen LogP contribution in [0.25, 0.3) is 0 Å². The molecule has 1 aliphatic rings. The van der Waals surface area contributed by atoms with Crippen molar-refractivity contribution in [2.75, 3.05) is 0 Å². The predicted octanol–water partition coefficient (Wildman–Crippen LogP) is 5.81. The van der Waals surface area contributed by atoms with Gasteiger partial charge in [0.2, 0.25) is 0 Å². The summed E-state index contributed by atoms with van der Waals surface area (Å²) in [6.45, 7) is 5.90. The zero-order chi connectivity index (χ0) is 15.2. The maximum atomic E-state index is 5.67. The van der Waals surface area contributed by atoms with Crippen LogP contribution in [0.5, 0.6) is 0 Å². The number of rotatable bonds is 12. The Bertz CT molecular complexity index is 345. The van der Waals surface area contributed by atoms with Gasteiger partial charge in [-0.05, 0) is 6.42 Å². The van der Waals surface area contributed by atoms with Crippen molar-refractivity contribution in [1.82, 2.24) is 0 Å². The van der Waals surface area contributed by atoms with Gasteiger partial charge in [-0.25, -0.2) is 0 Å². The molecular formula is C20H32O. The average molecular weight is 288 g/mol. The van der Waals surface area contributed by atoms with Crippen molar-refractivity contribution in [3.63, 3.8) is 0 Å². The van der Waals surface area contributed by atoms with E-state index < -0.39 is 0 Å². The number of unbranched alkanes of at least 4 members (excludes halogenated alkanes) is 7. The van der Waals surface area contributed by atoms with Crippen LogP contribution in [0, 0.1) is 11.8 Å². The first-order valence-corrected chi connectivity index (χ1v) is 8.77. The first-order valence-electron chi connectivity index (χ1n) is 8.77. The maximum absolute atomic E-state index is 5.67. The molecule has 1 nitrogen and oxygen atoms in total. The third kappa shape index (κ3) is 10.4. The fourth-order valence-electron chi connectivity index (χ4n) is 2.56. The van der Waals surface area contributed by atoms with Gasteiger partial charge in [0.1, 0.15) is 0 Å². The Hall–Kier alpha value is -1.00. The fraction of sp³-hybridized carbons (Fsp3) is 0.700. The molecule has 0 aromatic carbocycles. The SMILES string of the molecule is C=C/C=C\CC#CC[C@@H]1O[C@@H]1CCCCCCCCCC. The Morgan fingerprint density at radius 2 is 1.67 bits per heavy atom. The number of epoxide rings is 1. The van der Waals surface area contributed by atoms with Gasteiger partial charge in [0, 0.05) is 12.8 Å². The van der Waals surface area contributed by atoms with Gasteiger partial charge in [-0.15, -0.1) is 5.92 Å². The van der Waals surface area contributed by atoms with Crippen LogP contribution < -0.4 is 0 Å². The van der Waals surface area contributed by atoms with Crippen LogP contribution in [0.1, 0.15) is 77.6 Å². The predicted molar refractivity (Wildman–Crippen MR) is 92.2 cm³/mol. The highest BCUT2D eigenvalue weighted by atomic mass is 16.6. The molecular weight excluding hydrogens is 256 g/mol. The van der Waals surface area contributed by atoms with E-state index in [-0.39, 0.29) is 0 Å². The number of ether oxygens (including phenoxy) is 1. The van der Waals surface area contributed by atoms with Crippen LogP contribution in [0.3, 0.4) is 0 Å². The van der Waals surface area contributed by atoms with Crippen molar-refractivity contribution < 1.29 is 4.74 Å². The lowest BCUT2D eigenvalue weighted by Gasteiger charge is -2.00. The van der Waals surface area contributed by atoms with Crippen LogP contribution in [0.15, 0.2) is 24.8 Å². The topological polar surface area (TPSA) is 12.5 Å². The summed E-state index contributed by atoms with van der Waals surface area (Å²) in [5.41, 5.74) is 0. The molecule has 0 aromatic heterocycles.